The summed E-state index contributed by atoms with van der Waals surface area (Å²) in [6.07, 6.45) is 6.65. The Balaban J connectivity index is 0.000000878. The van der Waals surface area contributed by atoms with Gasteiger partial charge in [-0.2, -0.15) is 17.0 Å². The number of hydrogen-bond donors (Lipinski definition) is 0. The molecular formula is C22H28N4OS. The van der Waals surface area contributed by atoms with Crippen molar-refractivity contribution in [3.63, 3.8) is 0 Å². The molecule has 28 heavy (non-hydrogen) atoms. The molecule has 5 nitrogen and oxygen atoms in total. The minimum atomic E-state index is 0.377. The molecule has 0 aliphatic heterocycles. The van der Waals surface area contributed by atoms with Crippen LogP contribution in [0.15, 0.2) is 30.7 Å². The number of thioether (sulfide) groups is 1. The quantitative estimate of drug-likeness (QED) is 0.526. The molecule has 1 aromatic carbocycles. The first kappa shape index (κ1) is 21.9. The maximum Gasteiger partial charge on any atom is 0.147 e. The van der Waals surface area contributed by atoms with Crippen LogP contribution in [0.25, 0.3) is 22.3 Å². The summed E-state index contributed by atoms with van der Waals surface area (Å²) in [5.74, 6) is 0.938. The Morgan fingerprint density at radius 1 is 1.21 bits per heavy atom. The van der Waals surface area contributed by atoms with Crippen molar-refractivity contribution in [2.75, 3.05) is 18.6 Å². The van der Waals surface area contributed by atoms with Gasteiger partial charge in [0.05, 0.1) is 23.3 Å². The molecular weight excluding hydrogens is 368 g/mol. The second-order valence-corrected chi connectivity index (χ2v) is 7.59. The molecule has 6 heteroatoms. The zero-order chi connectivity index (χ0) is 20.5. The first-order valence-electron chi connectivity index (χ1n) is 9.45. The summed E-state index contributed by atoms with van der Waals surface area (Å²) in [5, 5.41) is 10.4. The number of aromatic nitrogens is 3. The van der Waals surface area contributed by atoms with Crippen molar-refractivity contribution in [1.29, 1.82) is 5.26 Å². The van der Waals surface area contributed by atoms with Gasteiger partial charge in [0.1, 0.15) is 24.8 Å². The fraction of sp³-hybridized carbons (Fsp3) is 0.409. The number of aryl methyl sites for hydroxylation is 2. The van der Waals surface area contributed by atoms with Gasteiger partial charge in [-0.1, -0.05) is 44.0 Å². The molecule has 0 N–H and O–H groups in total. The third-order valence-corrected chi connectivity index (χ3v) is 4.65. The van der Waals surface area contributed by atoms with Crippen molar-refractivity contribution in [2.24, 2.45) is 0 Å². The fourth-order valence-electron chi connectivity index (χ4n) is 2.90. The number of benzene rings is 1. The van der Waals surface area contributed by atoms with Gasteiger partial charge < -0.3 is 9.30 Å². The number of nitriles is 1. The Labute approximate surface area is 171 Å². The minimum Gasteiger partial charge on any atom is -0.360 e. The predicted molar refractivity (Wildman–Crippen MR) is 117 cm³/mol. The average molecular weight is 397 g/mol. The highest BCUT2D eigenvalue weighted by atomic mass is 32.2. The summed E-state index contributed by atoms with van der Waals surface area (Å²) < 4.78 is 7.56. The molecule has 0 fully saturated rings. The van der Waals surface area contributed by atoms with Crippen LogP contribution in [0, 0.1) is 25.2 Å². The molecule has 0 saturated heterocycles. The van der Waals surface area contributed by atoms with E-state index in [4.69, 9.17) is 4.74 Å². The summed E-state index contributed by atoms with van der Waals surface area (Å²) in [4.78, 5) is 8.88. The van der Waals surface area contributed by atoms with Gasteiger partial charge in [0.15, 0.2) is 0 Å². The van der Waals surface area contributed by atoms with Gasteiger partial charge in [0.2, 0.25) is 0 Å². The van der Waals surface area contributed by atoms with Crippen molar-refractivity contribution >= 4 is 22.8 Å². The van der Waals surface area contributed by atoms with Crippen molar-refractivity contribution in [1.82, 2.24) is 14.5 Å². The van der Waals surface area contributed by atoms with Crippen LogP contribution in [0.5, 0.6) is 0 Å². The van der Waals surface area contributed by atoms with E-state index >= 15 is 0 Å². The van der Waals surface area contributed by atoms with E-state index in [0.29, 0.717) is 18.9 Å². The molecule has 0 bridgehead atoms. The third kappa shape index (κ3) is 5.12. The van der Waals surface area contributed by atoms with E-state index in [2.05, 4.69) is 61.9 Å². The van der Waals surface area contributed by atoms with Crippen molar-refractivity contribution < 1.29 is 4.74 Å². The zero-order valence-electron chi connectivity index (χ0n) is 17.3. The van der Waals surface area contributed by atoms with Gasteiger partial charge in [-0.25, -0.2) is 9.97 Å². The van der Waals surface area contributed by atoms with Crippen molar-refractivity contribution in [3.05, 3.63) is 47.4 Å². The smallest absolute Gasteiger partial charge is 0.147 e. The van der Waals surface area contributed by atoms with E-state index in [1.807, 2.05) is 10.8 Å². The van der Waals surface area contributed by atoms with Gasteiger partial charge >= 0.3 is 0 Å². The maximum absolute atomic E-state index is 9.58. The van der Waals surface area contributed by atoms with Gasteiger partial charge in [-0.15, -0.1) is 0 Å². The van der Waals surface area contributed by atoms with E-state index in [1.165, 1.54) is 12.0 Å². The number of fused-ring (bicyclic) bond motifs is 1. The molecule has 0 aliphatic rings. The number of hydrogen-bond acceptors (Lipinski definition) is 5. The highest BCUT2D eigenvalue weighted by molar-refractivity contribution is 7.98. The van der Waals surface area contributed by atoms with E-state index in [1.54, 1.807) is 24.3 Å². The molecule has 0 spiro atoms. The van der Waals surface area contributed by atoms with Gasteiger partial charge in [0.25, 0.3) is 0 Å². The lowest BCUT2D eigenvalue weighted by Gasteiger charge is -2.09. The first-order chi connectivity index (χ1) is 13.6. The summed E-state index contributed by atoms with van der Waals surface area (Å²) in [6, 6.07) is 8.51. The monoisotopic (exact) mass is 396 g/mol. The van der Waals surface area contributed by atoms with Crippen molar-refractivity contribution in [2.45, 2.75) is 40.8 Å². The number of nitrogens with zero attached hydrogens (tertiary/aromatic N) is 4. The van der Waals surface area contributed by atoms with E-state index in [-0.39, 0.29) is 0 Å². The van der Waals surface area contributed by atoms with Crippen LogP contribution in [-0.2, 0) is 11.5 Å². The Morgan fingerprint density at radius 2 is 1.96 bits per heavy atom. The lowest BCUT2D eigenvalue weighted by Crippen LogP contribution is -2.05. The average Bonchev–Trinajstić information content (AvgIpc) is 3.04. The van der Waals surface area contributed by atoms with Crippen LogP contribution in [0.3, 0.4) is 0 Å². The fourth-order valence-corrected chi connectivity index (χ4v) is 3.18. The van der Waals surface area contributed by atoms with Crippen LogP contribution in [-0.4, -0.2) is 33.2 Å². The molecule has 0 atom stereocenters. The number of ether oxygens (including phenoxy) is 1. The molecule has 0 radical (unpaired) electrons. The summed E-state index contributed by atoms with van der Waals surface area (Å²) in [7, 11) is 0. The number of rotatable bonds is 6. The van der Waals surface area contributed by atoms with Crippen molar-refractivity contribution in [3.8, 4) is 17.3 Å². The minimum absolute atomic E-state index is 0.377. The molecule has 0 unspecified atom stereocenters. The summed E-state index contributed by atoms with van der Waals surface area (Å²) >= 11 is 1.74. The normalized spacial score (nSPS) is 10.4. The lowest BCUT2D eigenvalue weighted by atomic mass is 10.00. The van der Waals surface area contributed by atoms with Crippen LogP contribution in [0.2, 0.25) is 0 Å². The van der Waals surface area contributed by atoms with E-state index in [0.717, 1.165) is 33.6 Å². The lowest BCUT2D eigenvalue weighted by molar-refractivity contribution is 0.0926. The van der Waals surface area contributed by atoms with Gasteiger partial charge in [-0.3, -0.25) is 0 Å². The largest absolute Gasteiger partial charge is 0.360 e. The molecule has 0 saturated carbocycles. The second-order valence-electron chi connectivity index (χ2n) is 6.60. The van der Waals surface area contributed by atoms with Crippen LogP contribution < -0.4 is 0 Å². The Hall–Kier alpha value is -2.36. The molecule has 3 rings (SSSR count). The van der Waals surface area contributed by atoms with Crippen LogP contribution in [0.1, 0.15) is 37.0 Å². The SMILES string of the molecule is CCC.CSCCOCn1cc(C#N)c2c(-c3ccc(C)cc3C)ncnc21. The maximum atomic E-state index is 9.58. The Morgan fingerprint density at radius 3 is 2.61 bits per heavy atom. The standard InChI is InChI=1S/C19H20N4OS.C3H8/c1-13-4-5-16(14(2)8-13)18-17-15(9-20)10-23(12-24-6-7-25-3)19(17)22-11-21-18;1-3-2/h4-5,8,10-11H,6-7,12H2,1-3H3;3H2,1-2H3. The van der Waals surface area contributed by atoms with Gasteiger partial charge in [-0.05, 0) is 25.7 Å². The topological polar surface area (TPSA) is 63.7 Å². The highest BCUT2D eigenvalue weighted by Gasteiger charge is 2.17. The molecule has 2 heterocycles. The van der Waals surface area contributed by atoms with Crippen LogP contribution >= 0.6 is 11.8 Å². The van der Waals surface area contributed by atoms with E-state index in [9.17, 15) is 5.26 Å². The first-order valence-corrected chi connectivity index (χ1v) is 10.8. The molecule has 0 aliphatic carbocycles. The third-order valence-electron chi connectivity index (χ3n) is 4.07. The zero-order valence-corrected chi connectivity index (χ0v) is 18.1. The Kier molecular flexibility index (Phi) is 8.49. The summed E-state index contributed by atoms with van der Waals surface area (Å²) in [5.41, 5.74) is 5.45. The highest BCUT2D eigenvalue weighted by Crippen LogP contribution is 2.31. The Bertz CT molecular complexity index is 959. The van der Waals surface area contributed by atoms with Gasteiger partial charge in [0, 0.05) is 17.5 Å². The van der Waals surface area contributed by atoms with Crippen LogP contribution in [0.4, 0.5) is 0 Å². The molecule has 2 aromatic heterocycles. The molecule has 148 valence electrons. The van der Waals surface area contributed by atoms with E-state index < -0.39 is 0 Å². The summed E-state index contributed by atoms with van der Waals surface area (Å²) in [6.45, 7) is 9.42. The second kappa shape index (κ2) is 10.8. The predicted octanol–water partition coefficient (Wildman–Crippen LogP) is 5.34. The molecule has 3 aromatic rings. The molecule has 0 amide bonds.